The van der Waals surface area contributed by atoms with Crippen molar-refractivity contribution in [3.63, 3.8) is 0 Å². The van der Waals surface area contributed by atoms with Gasteiger partial charge in [-0.3, -0.25) is 0 Å². The van der Waals surface area contributed by atoms with E-state index in [0.29, 0.717) is 22.1 Å². The topological polar surface area (TPSA) is 62.7 Å². The normalized spacial score (nSPS) is 16.9. The Morgan fingerprint density at radius 2 is 1.97 bits per heavy atom. The van der Waals surface area contributed by atoms with Gasteiger partial charge < -0.3 is 9.64 Å². The first-order chi connectivity index (χ1) is 14.8. The van der Waals surface area contributed by atoms with Crippen LogP contribution >= 0.6 is 27.3 Å². The maximum Gasteiger partial charge on any atom is 0.416 e. The van der Waals surface area contributed by atoms with Crippen molar-refractivity contribution in [2.75, 3.05) is 23.3 Å². The molecule has 1 aromatic heterocycles. The van der Waals surface area contributed by atoms with Crippen molar-refractivity contribution in [2.24, 2.45) is 0 Å². The summed E-state index contributed by atoms with van der Waals surface area (Å²) in [4.78, 5) is 32.5. The van der Waals surface area contributed by atoms with Crippen molar-refractivity contribution in [1.82, 2.24) is 9.88 Å². The van der Waals surface area contributed by atoms with Crippen molar-refractivity contribution < 1.29 is 27.5 Å². The second kappa shape index (κ2) is 8.46. The maximum absolute atomic E-state index is 13.0. The van der Waals surface area contributed by atoms with E-state index in [1.807, 2.05) is 0 Å². The number of alkyl halides is 4. The Labute approximate surface area is 187 Å². The number of fused-ring (bicyclic) bond motifs is 1. The van der Waals surface area contributed by atoms with E-state index in [9.17, 15) is 22.8 Å². The highest BCUT2D eigenvalue weighted by molar-refractivity contribution is 9.09. The molecule has 11 heteroatoms. The molecule has 0 N–H and O–H groups in total. The van der Waals surface area contributed by atoms with Gasteiger partial charge in [-0.2, -0.15) is 13.2 Å². The van der Waals surface area contributed by atoms with Gasteiger partial charge in [-0.1, -0.05) is 45.5 Å². The monoisotopic (exact) mass is 513 g/mol. The van der Waals surface area contributed by atoms with Gasteiger partial charge in [0.15, 0.2) is 5.13 Å². The van der Waals surface area contributed by atoms with Gasteiger partial charge in [0.1, 0.15) is 0 Å². The number of hydrogen-bond acceptors (Lipinski definition) is 5. The molecule has 162 valence electrons. The molecule has 1 unspecified atom stereocenters. The molecule has 4 rings (SSSR count). The zero-order valence-corrected chi connectivity index (χ0v) is 18.2. The van der Waals surface area contributed by atoms with Crippen molar-refractivity contribution in [1.29, 1.82) is 0 Å². The molecule has 31 heavy (non-hydrogen) atoms. The molecule has 0 spiro atoms. The highest BCUT2D eigenvalue weighted by Gasteiger charge is 2.42. The average Bonchev–Trinajstić information content (AvgIpc) is 3.28. The van der Waals surface area contributed by atoms with E-state index < -0.39 is 30.0 Å². The van der Waals surface area contributed by atoms with Crippen LogP contribution in [-0.4, -0.2) is 46.5 Å². The molecule has 0 radical (unpaired) electrons. The highest BCUT2D eigenvalue weighted by Crippen LogP contribution is 2.37. The van der Waals surface area contributed by atoms with Crippen LogP contribution in [0.15, 0.2) is 48.5 Å². The Hall–Kier alpha value is -2.66. The lowest BCUT2D eigenvalue weighted by atomic mass is 10.2. The SMILES string of the molecule is O=C(OC1CN(CCBr)C(=O)N1c1nc2cc(C(F)(F)F)ccc2s1)c1ccccc1. The van der Waals surface area contributed by atoms with E-state index in [1.165, 1.54) is 15.9 Å². The molecule has 0 bridgehead atoms. The minimum atomic E-state index is -4.50. The molecule has 2 aromatic carbocycles. The molecule has 1 fully saturated rings. The third-order valence-electron chi connectivity index (χ3n) is 4.66. The third kappa shape index (κ3) is 4.38. The number of thiazole rings is 1. The minimum absolute atomic E-state index is 0.118. The van der Waals surface area contributed by atoms with Crippen LogP contribution in [0, 0.1) is 0 Å². The smallest absolute Gasteiger partial charge is 0.416 e. The Morgan fingerprint density at radius 3 is 2.65 bits per heavy atom. The number of rotatable bonds is 5. The summed E-state index contributed by atoms with van der Waals surface area (Å²) in [7, 11) is 0. The van der Waals surface area contributed by atoms with E-state index in [2.05, 4.69) is 20.9 Å². The number of anilines is 1. The molecule has 6 nitrogen and oxygen atoms in total. The lowest BCUT2D eigenvalue weighted by Gasteiger charge is -2.20. The fourth-order valence-electron chi connectivity index (χ4n) is 3.17. The largest absolute Gasteiger partial charge is 0.435 e. The van der Waals surface area contributed by atoms with Gasteiger partial charge in [0.05, 0.1) is 27.9 Å². The molecule has 2 amide bonds. The molecule has 3 aromatic rings. The number of amides is 2. The summed E-state index contributed by atoms with van der Waals surface area (Å²) in [5.41, 5.74) is -0.375. The maximum atomic E-state index is 13.0. The molecule has 0 aliphatic carbocycles. The van der Waals surface area contributed by atoms with Crippen molar-refractivity contribution in [2.45, 2.75) is 12.4 Å². The van der Waals surface area contributed by atoms with Gasteiger partial charge in [0.2, 0.25) is 6.23 Å². The van der Waals surface area contributed by atoms with Gasteiger partial charge in [-0.15, -0.1) is 0 Å². The van der Waals surface area contributed by atoms with E-state index in [0.717, 1.165) is 23.5 Å². The van der Waals surface area contributed by atoms with Crippen LogP contribution in [0.5, 0.6) is 0 Å². The number of nitrogens with zero attached hydrogens (tertiary/aromatic N) is 3. The molecular weight excluding hydrogens is 499 g/mol. The van der Waals surface area contributed by atoms with Crippen LogP contribution in [-0.2, 0) is 10.9 Å². The Kier molecular flexibility index (Phi) is 5.89. The number of urea groups is 1. The van der Waals surface area contributed by atoms with Gasteiger partial charge >= 0.3 is 18.2 Å². The molecule has 1 aliphatic heterocycles. The van der Waals surface area contributed by atoms with Gasteiger partial charge in [-0.25, -0.2) is 19.5 Å². The fraction of sp³-hybridized carbons (Fsp3) is 0.250. The van der Waals surface area contributed by atoms with Crippen molar-refractivity contribution in [3.05, 3.63) is 59.7 Å². The van der Waals surface area contributed by atoms with Gasteiger partial charge in [0, 0.05) is 11.9 Å². The average molecular weight is 514 g/mol. The summed E-state index contributed by atoms with van der Waals surface area (Å²) < 4.78 is 45.2. The predicted octanol–water partition coefficient (Wildman–Crippen LogP) is 5.14. The zero-order valence-electron chi connectivity index (χ0n) is 15.8. The molecule has 1 aliphatic rings. The summed E-state index contributed by atoms with van der Waals surface area (Å²) in [5.74, 6) is -0.607. The van der Waals surface area contributed by atoms with Crippen molar-refractivity contribution >= 4 is 54.6 Å². The summed E-state index contributed by atoms with van der Waals surface area (Å²) in [6.07, 6.45) is -5.45. The fourth-order valence-corrected chi connectivity index (χ4v) is 4.58. The minimum Gasteiger partial charge on any atom is -0.435 e. The van der Waals surface area contributed by atoms with E-state index in [1.54, 1.807) is 30.3 Å². The summed E-state index contributed by atoms with van der Waals surface area (Å²) in [5, 5.41) is 0.683. The number of hydrogen-bond donors (Lipinski definition) is 0. The van der Waals surface area contributed by atoms with E-state index >= 15 is 0 Å². The number of benzene rings is 2. The van der Waals surface area contributed by atoms with Crippen LogP contribution in [0.3, 0.4) is 0 Å². The van der Waals surface area contributed by atoms with E-state index in [-0.39, 0.29) is 17.2 Å². The zero-order chi connectivity index (χ0) is 22.2. The van der Waals surface area contributed by atoms with Crippen LogP contribution in [0.25, 0.3) is 10.2 Å². The number of carbonyl (C=O) groups excluding carboxylic acids is 2. The molecule has 1 saturated heterocycles. The predicted molar refractivity (Wildman–Crippen MR) is 114 cm³/mol. The number of carbonyl (C=O) groups is 2. The number of aromatic nitrogens is 1. The van der Waals surface area contributed by atoms with Crippen molar-refractivity contribution in [3.8, 4) is 0 Å². The van der Waals surface area contributed by atoms with Crippen LogP contribution in [0.4, 0.5) is 23.1 Å². The Morgan fingerprint density at radius 1 is 1.23 bits per heavy atom. The first-order valence-electron chi connectivity index (χ1n) is 9.16. The van der Waals surface area contributed by atoms with Crippen LogP contribution < -0.4 is 4.90 Å². The van der Waals surface area contributed by atoms with Crippen LogP contribution in [0.1, 0.15) is 15.9 Å². The lowest BCUT2D eigenvalue weighted by molar-refractivity contribution is -0.137. The second-order valence-corrected chi connectivity index (χ2v) is 8.49. The number of ether oxygens (including phenoxy) is 1. The molecule has 1 atom stereocenters. The number of halogens is 4. The first-order valence-corrected chi connectivity index (χ1v) is 11.1. The summed E-state index contributed by atoms with van der Waals surface area (Å²) in [6, 6.07) is 11.1. The Balaban J connectivity index is 1.67. The van der Waals surface area contributed by atoms with Gasteiger partial charge in [0.25, 0.3) is 0 Å². The van der Waals surface area contributed by atoms with Crippen LogP contribution in [0.2, 0.25) is 0 Å². The second-order valence-electron chi connectivity index (χ2n) is 6.69. The molecule has 2 heterocycles. The number of esters is 1. The lowest BCUT2D eigenvalue weighted by Crippen LogP contribution is -2.37. The quantitative estimate of drug-likeness (QED) is 0.350. The first kappa shape index (κ1) is 21.6. The summed E-state index contributed by atoms with van der Waals surface area (Å²) >= 11 is 4.35. The molecular formula is C20H15BrF3N3O3S. The highest BCUT2D eigenvalue weighted by atomic mass is 79.9. The Bertz CT molecular complexity index is 1120. The standard InChI is InChI=1S/C20H15BrF3N3O3S/c21-8-9-26-11-16(30-17(28)12-4-2-1-3-5-12)27(19(26)29)18-25-14-10-13(20(22,23)24)6-7-15(14)31-18/h1-7,10,16H,8-9,11H2. The van der Waals surface area contributed by atoms with E-state index in [4.69, 9.17) is 4.74 Å². The molecule has 0 saturated carbocycles. The van der Waals surface area contributed by atoms with Gasteiger partial charge in [-0.05, 0) is 30.3 Å². The summed E-state index contributed by atoms with van der Waals surface area (Å²) in [6.45, 7) is 0.491. The third-order valence-corrected chi connectivity index (χ3v) is 6.05.